The molecule has 0 aromatic carbocycles. The second-order valence-electron chi connectivity index (χ2n) is 8.47. The third kappa shape index (κ3) is 2.51. The molecular weight excluding hydrogens is 288 g/mol. The van der Waals surface area contributed by atoms with E-state index >= 15 is 0 Å². The van der Waals surface area contributed by atoms with Gasteiger partial charge in [-0.1, -0.05) is 25.8 Å². The average Bonchev–Trinajstić information content (AvgIpc) is 2.53. The Balaban J connectivity index is 1.53. The number of nitrogens with zero attached hydrogens (tertiary/aromatic N) is 2. The van der Waals surface area contributed by atoms with Gasteiger partial charge in [-0.15, -0.1) is 0 Å². The molecular formula is C19H28N2O2. The molecule has 2 saturated carbocycles. The van der Waals surface area contributed by atoms with Crippen LogP contribution in [-0.4, -0.2) is 40.2 Å². The first-order chi connectivity index (χ1) is 11.0. The molecule has 1 saturated heterocycles. The molecule has 1 atom stereocenters. The van der Waals surface area contributed by atoms with Gasteiger partial charge in [-0.25, -0.2) is 0 Å². The molecule has 4 aliphatic rings. The van der Waals surface area contributed by atoms with E-state index in [1.165, 1.54) is 36.3 Å². The van der Waals surface area contributed by atoms with Gasteiger partial charge in [0.25, 0.3) is 0 Å². The van der Waals surface area contributed by atoms with Crippen LogP contribution < -0.4 is 0 Å². The zero-order valence-corrected chi connectivity index (χ0v) is 14.1. The molecule has 1 amide bonds. The highest BCUT2D eigenvalue weighted by Gasteiger charge is 2.51. The zero-order chi connectivity index (χ0) is 16.1. The molecule has 1 unspecified atom stereocenters. The van der Waals surface area contributed by atoms with Crippen molar-refractivity contribution in [1.82, 2.24) is 9.96 Å². The van der Waals surface area contributed by atoms with E-state index < -0.39 is 0 Å². The number of allylic oxidation sites excluding steroid dienone is 2. The first kappa shape index (κ1) is 15.3. The molecule has 2 bridgehead atoms. The molecule has 0 aromatic rings. The summed E-state index contributed by atoms with van der Waals surface area (Å²) in [4.78, 5) is 15.5. The number of hydrogen-bond donors (Lipinski definition) is 1. The van der Waals surface area contributed by atoms with Crippen LogP contribution in [0.2, 0.25) is 0 Å². The number of piperidine rings is 1. The fraction of sp³-hybridized carbons (Fsp3) is 0.737. The maximum atomic E-state index is 13.4. The molecule has 3 fully saturated rings. The van der Waals surface area contributed by atoms with Gasteiger partial charge in [0.15, 0.2) is 0 Å². The molecule has 2 aliphatic carbocycles. The highest BCUT2D eigenvalue weighted by molar-refractivity contribution is 5.83. The number of fused-ring (bicyclic) bond motifs is 3. The molecule has 23 heavy (non-hydrogen) atoms. The Morgan fingerprint density at radius 1 is 1.26 bits per heavy atom. The molecule has 2 aliphatic heterocycles. The smallest absolute Gasteiger partial charge is 0.229 e. The van der Waals surface area contributed by atoms with Gasteiger partial charge < -0.3 is 4.90 Å². The summed E-state index contributed by atoms with van der Waals surface area (Å²) in [5.41, 5.74) is 1.46. The van der Waals surface area contributed by atoms with Crippen molar-refractivity contribution in [3.63, 3.8) is 0 Å². The second-order valence-corrected chi connectivity index (χ2v) is 8.47. The number of likely N-dealkylation sites (tertiary alicyclic amines) is 1. The molecule has 0 aromatic heterocycles. The Morgan fingerprint density at radius 3 is 2.74 bits per heavy atom. The monoisotopic (exact) mass is 316 g/mol. The van der Waals surface area contributed by atoms with Crippen molar-refractivity contribution in [2.24, 2.45) is 10.8 Å². The minimum Gasteiger partial charge on any atom is -0.338 e. The van der Waals surface area contributed by atoms with E-state index in [1.54, 1.807) is 6.20 Å². The summed E-state index contributed by atoms with van der Waals surface area (Å²) >= 11 is 0. The molecule has 4 heteroatoms. The van der Waals surface area contributed by atoms with Gasteiger partial charge in [0.2, 0.25) is 5.91 Å². The third-order valence-electron chi connectivity index (χ3n) is 6.72. The van der Waals surface area contributed by atoms with Crippen molar-refractivity contribution in [2.75, 3.05) is 13.1 Å². The van der Waals surface area contributed by atoms with E-state index in [9.17, 15) is 10.0 Å². The lowest BCUT2D eigenvalue weighted by Gasteiger charge is -2.52. The van der Waals surface area contributed by atoms with Crippen LogP contribution in [0.25, 0.3) is 0 Å². The first-order valence-corrected chi connectivity index (χ1v) is 9.15. The van der Waals surface area contributed by atoms with E-state index in [-0.39, 0.29) is 11.5 Å². The highest BCUT2D eigenvalue weighted by atomic mass is 16.5. The number of carbonyl (C=O) groups excluding carboxylic acids is 1. The number of amides is 1. The van der Waals surface area contributed by atoms with E-state index in [1.807, 2.05) is 6.08 Å². The quantitative estimate of drug-likeness (QED) is 0.805. The average molecular weight is 316 g/mol. The van der Waals surface area contributed by atoms with Crippen LogP contribution in [0.5, 0.6) is 0 Å². The Bertz CT molecular complexity index is 556. The van der Waals surface area contributed by atoms with Crippen LogP contribution >= 0.6 is 0 Å². The van der Waals surface area contributed by atoms with Gasteiger partial charge in [-0.05, 0) is 55.6 Å². The molecule has 2 heterocycles. The summed E-state index contributed by atoms with van der Waals surface area (Å²) in [7, 11) is 0. The Kier molecular flexibility index (Phi) is 3.56. The van der Waals surface area contributed by atoms with Crippen molar-refractivity contribution in [3.05, 3.63) is 23.9 Å². The van der Waals surface area contributed by atoms with Gasteiger partial charge in [-0.3, -0.25) is 15.1 Å². The van der Waals surface area contributed by atoms with Crippen molar-refractivity contribution in [1.29, 1.82) is 0 Å². The third-order valence-corrected chi connectivity index (χ3v) is 6.72. The SMILES string of the molecule is CC12CCCC(C(=O)N3CCC4C(=CC=CN4O)C3)(CCC1)C2. The predicted molar refractivity (Wildman–Crippen MR) is 88.7 cm³/mol. The van der Waals surface area contributed by atoms with Gasteiger partial charge in [0.05, 0.1) is 6.04 Å². The van der Waals surface area contributed by atoms with Crippen LogP contribution in [0.4, 0.5) is 0 Å². The van der Waals surface area contributed by atoms with Gasteiger partial charge in [0, 0.05) is 24.7 Å². The van der Waals surface area contributed by atoms with Crippen LogP contribution in [0.1, 0.15) is 58.3 Å². The maximum Gasteiger partial charge on any atom is 0.229 e. The van der Waals surface area contributed by atoms with Crippen LogP contribution in [0.15, 0.2) is 23.9 Å². The normalized spacial score (nSPS) is 39.7. The first-order valence-electron chi connectivity index (χ1n) is 9.15. The van der Waals surface area contributed by atoms with Gasteiger partial charge >= 0.3 is 0 Å². The minimum atomic E-state index is -0.0952. The highest BCUT2D eigenvalue weighted by Crippen LogP contribution is 2.56. The lowest BCUT2D eigenvalue weighted by Crippen LogP contribution is -2.54. The van der Waals surface area contributed by atoms with Gasteiger partial charge in [0.1, 0.15) is 0 Å². The standard InChI is InChI=1S/C19H28N2O2/c1-18-7-3-9-19(14-18,10-4-8-18)17(22)20-12-6-16-15(13-20)5-2-11-21(16)23/h2,5,11,16,23H,3-4,6-10,12-14H2,1H3. The Hall–Kier alpha value is -1.29. The van der Waals surface area contributed by atoms with Crippen molar-refractivity contribution in [3.8, 4) is 0 Å². The molecule has 4 nitrogen and oxygen atoms in total. The summed E-state index contributed by atoms with van der Waals surface area (Å²) in [5.74, 6) is 0.390. The van der Waals surface area contributed by atoms with E-state index in [0.717, 1.165) is 32.2 Å². The molecule has 0 spiro atoms. The topological polar surface area (TPSA) is 43.8 Å². The molecule has 1 N–H and O–H groups in total. The fourth-order valence-electron chi connectivity index (χ4n) is 5.62. The largest absolute Gasteiger partial charge is 0.338 e. The Labute approximate surface area is 138 Å². The lowest BCUT2D eigenvalue weighted by molar-refractivity contribution is -0.153. The summed E-state index contributed by atoms with van der Waals surface area (Å²) in [6, 6.07) is 0.0597. The molecule has 0 radical (unpaired) electrons. The fourth-order valence-corrected chi connectivity index (χ4v) is 5.62. The lowest BCUT2D eigenvalue weighted by atomic mass is 9.55. The molecule has 126 valence electrons. The maximum absolute atomic E-state index is 13.4. The minimum absolute atomic E-state index is 0.0597. The molecule has 4 rings (SSSR count). The van der Waals surface area contributed by atoms with E-state index in [4.69, 9.17) is 0 Å². The number of hydrogen-bond acceptors (Lipinski definition) is 3. The number of rotatable bonds is 1. The van der Waals surface area contributed by atoms with Crippen LogP contribution in [0.3, 0.4) is 0 Å². The van der Waals surface area contributed by atoms with E-state index in [0.29, 0.717) is 17.9 Å². The predicted octanol–water partition coefficient (Wildman–Crippen LogP) is 3.48. The number of carbonyl (C=O) groups is 1. The zero-order valence-electron chi connectivity index (χ0n) is 14.1. The summed E-state index contributed by atoms with van der Waals surface area (Å²) in [6.45, 7) is 3.84. The van der Waals surface area contributed by atoms with Crippen LogP contribution in [0, 0.1) is 10.8 Å². The van der Waals surface area contributed by atoms with Crippen molar-refractivity contribution in [2.45, 2.75) is 64.3 Å². The Morgan fingerprint density at radius 2 is 2.00 bits per heavy atom. The van der Waals surface area contributed by atoms with Crippen LogP contribution in [-0.2, 0) is 4.79 Å². The summed E-state index contributed by atoms with van der Waals surface area (Å²) < 4.78 is 0. The van der Waals surface area contributed by atoms with Gasteiger partial charge in [-0.2, -0.15) is 0 Å². The number of hydroxylamine groups is 2. The summed E-state index contributed by atoms with van der Waals surface area (Å²) in [5, 5.41) is 11.3. The second kappa shape index (κ2) is 5.37. The van der Waals surface area contributed by atoms with Crippen molar-refractivity contribution < 1.29 is 10.0 Å². The summed E-state index contributed by atoms with van der Waals surface area (Å²) in [6.07, 6.45) is 14.7. The van der Waals surface area contributed by atoms with E-state index in [2.05, 4.69) is 17.9 Å². The van der Waals surface area contributed by atoms with Crippen molar-refractivity contribution >= 4 is 5.91 Å².